The molecule has 5 aromatic rings. The molecule has 0 spiro atoms. The summed E-state index contributed by atoms with van der Waals surface area (Å²) in [6.07, 6.45) is 1.74. The molecule has 0 saturated carbocycles. The van der Waals surface area contributed by atoms with Crippen molar-refractivity contribution < 1.29 is 4.42 Å². The van der Waals surface area contributed by atoms with Crippen molar-refractivity contribution in [3.05, 3.63) is 102 Å². The first-order valence-electron chi connectivity index (χ1n) is 9.48. The predicted octanol–water partition coefficient (Wildman–Crippen LogP) is 5.94. The molecule has 0 radical (unpaired) electrons. The summed E-state index contributed by atoms with van der Waals surface area (Å²) in [4.78, 5) is 4.69. The molecule has 1 heterocycles. The minimum atomic E-state index is 0.664. The summed E-state index contributed by atoms with van der Waals surface area (Å²) in [5.41, 5.74) is 3.22. The highest BCUT2D eigenvalue weighted by Gasteiger charge is 2.10. The lowest BCUT2D eigenvalue weighted by atomic mass is 10.0. The third-order valence-electron chi connectivity index (χ3n) is 5.07. The van der Waals surface area contributed by atoms with Crippen molar-refractivity contribution in [2.45, 2.75) is 13.1 Å². The van der Waals surface area contributed by atoms with Crippen molar-refractivity contribution in [1.82, 2.24) is 10.3 Å². The smallest absolute Gasteiger partial charge is 0.226 e. The van der Waals surface area contributed by atoms with E-state index in [1.54, 1.807) is 6.26 Å². The van der Waals surface area contributed by atoms with Crippen LogP contribution < -0.4 is 5.32 Å². The van der Waals surface area contributed by atoms with E-state index in [1.807, 2.05) is 18.2 Å². The maximum Gasteiger partial charge on any atom is 0.226 e. The Labute approximate surface area is 163 Å². The van der Waals surface area contributed by atoms with Gasteiger partial charge in [0.05, 0.1) is 5.69 Å². The number of benzene rings is 4. The number of hydrogen-bond acceptors (Lipinski definition) is 3. The van der Waals surface area contributed by atoms with Gasteiger partial charge in [0.25, 0.3) is 0 Å². The molecule has 0 fully saturated rings. The molecule has 3 nitrogen and oxygen atoms in total. The number of nitrogens with zero attached hydrogens (tertiary/aromatic N) is 1. The summed E-state index contributed by atoms with van der Waals surface area (Å²) in [6, 6.07) is 29.4. The number of oxazole rings is 1. The molecule has 0 aliphatic rings. The molecule has 0 bridgehead atoms. The molecule has 28 heavy (non-hydrogen) atoms. The van der Waals surface area contributed by atoms with E-state index in [-0.39, 0.29) is 0 Å². The van der Waals surface area contributed by atoms with Crippen molar-refractivity contribution >= 4 is 21.5 Å². The lowest BCUT2D eigenvalue weighted by Gasteiger charge is -2.07. The van der Waals surface area contributed by atoms with Gasteiger partial charge in [-0.15, -0.1) is 0 Å². The van der Waals surface area contributed by atoms with Crippen LogP contribution in [0.3, 0.4) is 0 Å². The molecule has 3 heteroatoms. The van der Waals surface area contributed by atoms with Crippen molar-refractivity contribution in [3.63, 3.8) is 0 Å². The van der Waals surface area contributed by atoms with Crippen molar-refractivity contribution in [2.24, 2.45) is 0 Å². The van der Waals surface area contributed by atoms with E-state index in [4.69, 9.17) is 9.40 Å². The van der Waals surface area contributed by atoms with Crippen LogP contribution in [0, 0.1) is 0 Å². The summed E-state index contributed by atoms with van der Waals surface area (Å²) < 4.78 is 5.78. The molecule has 136 valence electrons. The first kappa shape index (κ1) is 16.7. The maximum atomic E-state index is 5.78. The van der Waals surface area contributed by atoms with Gasteiger partial charge in [-0.25, -0.2) is 4.98 Å². The van der Waals surface area contributed by atoms with E-state index < -0.39 is 0 Å². The number of rotatable bonds is 5. The summed E-state index contributed by atoms with van der Waals surface area (Å²) in [6.45, 7) is 1.45. The molecule has 5 rings (SSSR count). The third-order valence-corrected chi connectivity index (χ3v) is 5.07. The zero-order valence-corrected chi connectivity index (χ0v) is 15.4. The van der Waals surface area contributed by atoms with Gasteiger partial charge in [0.1, 0.15) is 6.26 Å². The molecular formula is C25H20N2O. The number of fused-ring (bicyclic) bond motifs is 2. The van der Waals surface area contributed by atoms with Crippen LogP contribution in [0.25, 0.3) is 33.0 Å². The van der Waals surface area contributed by atoms with Crippen LogP contribution in [0.2, 0.25) is 0 Å². The lowest BCUT2D eigenvalue weighted by molar-refractivity contribution is 0.570. The highest BCUT2D eigenvalue weighted by molar-refractivity contribution is 5.94. The number of aromatic nitrogens is 1. The Morgan fingerprint density at radius 3 is 2.21 bits per heavy atom. The fraction of sp³-hybridized carbons (Fsp3) is 0.0800. The fourth-order valence-corrected chi connectivity index (χ4v) is 3.70. The Kier molecular flexibility index (Phi) is 4.36. The molecule has 0 atom stereocenters. The van der Waals surface area contributed by atoms with Crippen LogP contribution in [0.15, 0.2) is 95.6 Å². The average molecular weight is 364 g/mol. The van der Waals surface area contributed by atoms with Crippen molar-refractivity contribution in [2.75, 3.05) is 0 Å². The van der Waals surface area contributed by atoms with Crippen LogP contribution in [-0.4, -0.2) is 4.98 Å². The molecule has 0 unspecified atom stereocenters. The summed E-state index contributed by atoms with van der Waals surface area (Å²) in [7, 11) is 0. The largest absolute Gasteiger partial charge is 0.444 e. The monoisotopic (exact) mass is 364 g/mol. The Hall–Kier alpha value is -3.43. The number of nitrogens with one attached hydrogen (secondary N) is 1. The Bertz CT molecular complexity index is 1250. The van der Waals surface area contributed by atoms with Gasteiger partial charge in [-0.2, -0.15) is 0 Å². The minimum absolute atomic E-state index is 0.664. The molecule has 0 saturated heterocycles. The normalized spacial score (nSPS) is 11.3. The summed E-state index contributed by atoms with van der Waals surface area (Å²) in [5.74, 6) is 0.666. The van der Waals surface area contributed by atoms with Gasteiger partial charge in [0, 0.05) is 18.7 Å². The second kappa shape index (κ2) is 7.29. The predicted molar refractivity (Wildman–Crippen MR) is 114 cm³/mol. The summed E-state index contributed by atoms with van der Waals surface area (Å²) >= 11 is 0. The molecule has 0 aliphatic carbocycles. The minimum Gasteiger partial charge on any atom is -0.444 e. The third kappa shape index (κ3) is 3.17. The Morgan fingerprint density at radius 1 is 0.679 bits per heavy atom. The molecule has 4 aromatic carbocycles. The lowest BCUT2D eigenvalue weighted by Crippen LogP contribution is -2.13. The van der Waals surface area contributed by atoms with Gasteiger partial charge in [-0.3, -0.25) is 0 Å². The zero-order valence-electron chi connectivity index (χ0n) is 15.4. The van der Waals surface area contributed by atoms with Gasteiger partial charge in [0.15, 0.2) is 0 Å². The first-order valence-corrected chi connectivity index (χ1v) is 9.48. The maximum absolute atomic E-state index is 5.78. The van der Waals surface area contributed by atoms with Crippen LogP contribution in [-0.2, 0) is 13.1 Å². The molecule has 1 aromatic heterocycles. The van der Waals surface area contributed by atoms with Crippen LogP contribution in [0.1, 0.15) is 11.3 Å². The number of hydrogen-bond donors (Lipinski definition) is 1. The van der Waals surface area contributed by atoms with Gasteiger partial charge in [-0.1, -0.05) is 78.9 Å². The van der Waals surface area contributed by atoms with Crippen LogP contribution in [0.4, 0.5) is 0 Å². The standard InChI is InChI=1S/C25H20N2O/c1-3-12-22-18(7-1)9-5-11-20(22)15-26-16-21-17-28-25(27-21)24-14-6-10-19-8-2-4-13-23(19)24/h1-14,17,26H,15-16H2. The van der Waals surface area contributed by atoms with Gasteiger partial charge >= 0.3 is 0 Å². The molecule has 0 aliphatic heterocycles. The van der Waals surface area contributed by atoms with E-state index in [1.165, 1.54) is 21.7 Å². The molecule has 0 amide bonds. The van der Waals surface area contributed by atoms with E-state index in [2.05, 4.69) is 72.0 Å². The van der Waals surface area contributed by atoms with Gasteiger partial charge < -0.3 is 9.73 Å². The van der Waals surface area contributed by atoms with Gasteiger partial charge in [-0.05, 0) is 33.2 Å². The van der Waals surface area contributed by atoms with E-state index in [0.29, 0.717) is 12.4 Å². The van der Waals surface area contributed by atoms with Crippen LogP contribution in [0.5, 0.6) is 0 Å². The highest BCUT2D eigenvalue weighted by Crippen LogP contribution is 2.28. The van der Waals surface area contributed by atoms with E-state index in [0.717, 1.165) is 23.2 Å². The van der Waals surface area contributed by atoms with Crippen molar-refractivity contribution in [3.8, 4) is 11.5 Å². The molecular weight excluding hydrogens is 344 g/mol. The SMILES string of the molecule is c1ccc2c(CNCc3coc(-c4cccc5ccccc45)n3)cccc2c1. The highest BCUT2D eigenvalue weighted by atomic mass is 16.3. The fourth-order valence-electron chi connectivity index (χ4n) is 3.70. The van der Waals surface area contributed by atoms with E-state index >= 15 is 0 Å². The Balaban J connectivity index is 1.33. The molecule has 1 N–H and O–H groups in total. The second-order valence-electron chi connectivity index (χ2n) is 6.91. The van der Waals surface area contributed by atoms with E-state index in [9.17, 15) is 0 Å². The van der Waals surface area contributed by atoms with Crippen LogP contribution >= 0.6 is 0 Å². The average Bonchev–Trinajstić information content (AvgIpc) is 3.22. The Morgan fingerprint density at radius 2 is 1.36 bits per heavy atom. The zero-order chi connectivity index (χ0) is 18.8. The van der Waals surface area contributed by atoms with Gasteiger partial charge in [0.2, 0.25) is 5.89 Å². The summed E-state index contributed by atoms with van der Waals surface area (Å²) in [5, 5.41) is 8.38. The first-order chi connectivity index (χ1) is 13.9. The topological polar surface area (TPSA) is 38.1 Å². The van der Waals surface area contributed by atoms with Crippen molar-refractivity contribution in [1.29, 1.82) is 0 Å². The second-order valence-corrected chi connectivity index (χ2v) is 6.91. The quantitative estimate of drug-likeness (QED) is 0.419.